The van der Waals surface area contributed by atoms with Crippen molar-refractivity contribution in [1.29, 1.82) is 0 Å². The number of amides is 8. The van der Waals surface area contributed by atoms with Crippen LogP contribution >= 0.6 is 0 Å². The maximum absolute atomic E-state index is 14.2. The van der Waals surface area contributed by atoms with Gasteiger partial charge in [0.05, 0.1) is 12.5 Å². The Labute approximate surface area is 356 Å². The third-order valence-corrected chi connectivity index (χ3v) is 9.04. The molecular weight excluding hydrogens is 814 g/mol. The first kappa shape index (κ1) is 51.0. The highest BCUT2D eigenvalue weighted by molar-refractivity contribution is 5.98. The molecule has 0 aliphatic heterocycles. The van der Waals surface area contributed by atoms with Gasteiger partial charge in [-0.05, 0) is 48.4 Å². The van der Waals surface area contributed by atoms with Gasteiger partial charge < -0.3 is 64.4 Å². The Morgan fingerprint density at radius 3 is 1.53 bits per heavy atom. The molecule has 0 saturated carbocycles. The lowest BCUT2D eigenvalue weighted by atomic mass is 9.99. The maximum atomic E-state index is 14.2. The van der Waals surface area contributed by atoms with E-state index in [1.54, 1.807) is 44.2 Å². The molecule has 22 nitrogen and oxygen atoms in total. The Bertz CT molecular complexity index is 1910. The summed E-state index contributed by atoms with van der Waals surface area (Å²) >= 11 is 0. The van der Waals surface area contributed by atoms with Crippen LogP contribution in [-0.4, -0.2) is 117 Å². The van der Waals surface area contributed by atoms with Crippen molar-refractivity contribution < 1.29 is 63.3 Å². The predicted molar refractivity (Wildman–Crippen MR) is 219 cm³/mol. The molecule has 0 unspecified atom stereocenters. The number of aromatic hydroxyl groups is 1. The second-order valence-electron chi connectivity index (χ2n) is 14.8. The van der Waals surface area contributed by atoms with Gasteiger partial charge in [-0.3, -0.25) is 47.9 Å². The van der Waals surface area contributed by atoms with E-state index in [-0.39, 0.29) is 50.2 Å². The van der Waals surface area contributed by atoms with Gasteiger partial charge in [-0.1, -0.05) is 56.3 Å². The molecule has 0 aliphatic carbocycles. The molecule has 338 valence electrons. The van der Waals surface area contributed by atoms with Crippen molar-refractivity contribution in [2.75, 3.05) is 6.54 Å². The van der Waals surface area contributed by atoms with E-state index < -0.39 is 115 Å². The van der Waals surface area contributed by atoms with Crippen molar-refractivity contribution >= 4 is 59.2 Å². The van der Waals surface area contributed by atoms with E-state index in [4.69, 9.17) is 27.4 Å². The van der Waals surface area contributed by atoms with E-state index in [1.165, 1.54) is 24.3 Å². The van der Waals surface area contributed by atoms with E-state index in [9.17, 15) is 53.1 Å². The number of carbonyl (C=O) groups excluding carboxylic acids is 8. The van der Waals surface area contributed by atoms with Gasteiger partial charge in [0, 0.05) is 25.7 Å². The van der Waals surface area contributed by atoms with Crippen molar-refractivity contribution in [1.82, 2.24) is 31.9 Å². The summed E-state index contributed by atoms with van der Waals surface area (Å²) in [4.78, 5) is 127. The highest BCUT2D eigenvalue weighted by atomic mass is 16.4. The summed E-state index contributed by atoms with van der Waals surface area (Å²) in [5, 5.41) is 42.4. The maximum Gasteiger partial charge on any atom is 0.322 e. The van der Waals surface area contributed by atoms with Gasteiger partial charge in [0.1, 0.15) is 42.5 Å². The van der Waals surface area contributed by atoms with Gasteiger partial charge in [0.2, 0.25) is 47.3 Å². The summed E-state index contributed by atoms with van der Waals surface area (Å²) in [6.45, 7) is 2.65. The molecule has 62 heavy (non-hydrogen) atoms. The Morgan fingerprint density at radius 2 is 1.03 bits per heavy atom. The minimum absolute atomic E-state index is 0.0316. The average molecular weight is 870 g/mol. The van der Waals surface area contributed by atoms with E-state index in [0.717, 1.165) is 0 Å². The van der Waals surface area contributed by atoms with Crippen LogP contribution in [0, 0.1) is 5.92 Å². The number of carbonyl (C=O) groups is 10. The molecule has 0 aliphatic rings. The zero-order valence-corrected chi connectivity index (χ0v) is 34.3. The zero-order chi connectivity index (χ0) is 46.5. The molecule has 22 heteroatoms. The van der Waals surface area contributed by atoms with Crippen LogP contribution in [0.25, 0.3) is 0 Å². The second kappa shape index (κ2) is 25.5. The fourth-order valence-corrected chi connectivity index (χ4v) is 5.87. The normalized spacial score (nSPS) is 13.7. The van der Waals surface area contributed by atoms with Crippen LogP contribution in [0.5, 0.6) is 5.75 Å². The fraction of sp³-hybridized carbons (Fsp3) is 0.450. The third-order valence-electron chi connectivity index (χ3n) is 9.04. The molecule has 6 atom stereocenters. The quantitative estimate of drug-likeness (QED) is 0.0431. The SMILES string of the molecule is CC(C)C[C@H](NC(=O)[C@H](CC(N)=O)NC(=O)[C@@H](N)CCC(=O)O)C(=O)N[C@@H](Cc1ccc(O)cc1)C(=O)N[C@@H](Cc1ccccc1)C(=O)N[C@@H](CCC(N)=O)C(=O)NCC(=O)O. The lowest BCUT2D eigenvalue weighted by molar-refractivity contribution is -0.139. The van der Waals surface area contributed by atoms with Crippen molar-refractivity contribution in [3.63, 3.8) is 0 Å². The molecule has 2 rings (SSSR count). The molecule has 0 fully saturated rings. The number of hydrogen-bond donors (Lipinski definition) is 12. The van der Waals surface area contributed by atoms with E-state index in [0.29, 0.717) is 11.1 Å². The summed E-state index contributed by atoms with van der Waals surface area (Å²) in [5.74, 6) is -10.5. The summed E-state index contributed by atoms with van der Waals surface area (Å²) in [5.41, 5.74) is 17.4. The molecule has 0 bridgehead atoms. The monoisotopic (exact) mass is 869 g/mol. The molecule has 15 N–H and O–H groups in total. The zero-order valence-electron chi connectivity index (χ0n) is 34.3. The van der Waals surface area contributed by atoms with Crippen LogP contribution in [0.2, 0.25) is 0 Å². The Hall–Kier alpha value is -7.10. The molecule has 0 heterocycles. The molecule has 2 aromatic rings. The third kappa shape index (κ3) is 19.3. The van der Waals surface area contributed by atoms with Gasteiger partial charge >= 0.3 is 11.9 Å². The minimum Gasteiger partial charge on any atom is -0.508 e. The molecule has 0 spiro atoms. The summed E-state index contributed by atoms with van der Waals surface area (Å²) in [6.07, 6.45) is -2.58. The number of phenolic OH excluding ortho intramolecular Hbond substituents is 1. The van der Waals surface area contributed by atoms with Gasteiger partial charge in [-0.2, -0.15) is 0 Å². The number of aliphatic carboxylic acids is 2. The molecule has 8 amide bonds. The van der Waals surface area contributed by atoms with Gasteiger partial charge in [0.15, 0.2) is 0 Å². The topological polar surface area (TPSA) is 382 Å². The second-order valence-corrected chi connectivity index (χ2v) is 14.8. The van der Waals surface area contributed by atoms with Gasteiger partial charge in [0.25, 0.3) is 0 Å². The highest BCUT2D eigenvalue weighted by Crippen LogP contribution is 2.14. The number of rotatable bonds is 27. The van der Waals surface area contributed by atoms with E-state index >= 15 is 0 Å². The summed E-state index contributed by atoms with van der Waals surface area (Å²) in [7, 11) is 0. The van der Waals surface area contributed by atoms with E-state index in [2.05, 4.69) is 31.9 Å². The molecular formula is C40H55N9O13. The fourth-order valence-electron chi connectivity index (χ4n) is 5.87. The number of carboxylic acid groups (broad SMARTS) is 2. The Morgan fingerprint density at radius 1 is 0.548 bits per heavy atom. The van der Waals surface area contributed by atoms with Crippen molar-refractivity contribution in [3.05, 3.63) is 65.7 Å². The van der Waals surface area contributed by atoms with E-state index in [1.807, 2.05) is 0 Å². The lowest BCUT2D eigenvalue weighted by Crippen LogP contribution is -2.60. The smallest absolute Gasteiger partial charge is 0.322 e. The molecule has 0 aromatic heterocycles. The molecule has 2 aromatic carbocycles. The van der Waals surface area contributed by atoms with Crippen LogP contribution in [0.1, 0.15) is 63.5 Å². The van der Waals surface area contributed by atoms with Gasteiger partial charge in [-0.15, -0.1) is 0 Å². The molecule has 0 radical (unpaired) electrons. The van der Waals surface area contributed by atoms with Crippen molar-refractivity contribution in [2.24, 2.45) is 23.1 Å². The lowest BCUT2D eigenvalue weighted by Gasteiger charge is -2.28. The Kier molecular flexibility index (Phi) is 21.0. The van der Waals surface area contributed by atoms with Crippen LogP contribution in [0.4, 0.5) is 0 Å². The van der Waals surface area contributed by atoms with Crippen molar-refractivity contribution in [3.8, 4) is 5.75 Å². The number of primary amides is 2. The number of carboxylic acids is 2. The summed E-state index contributed by atoms with van der Waals surface area (Å²) in [6, 6.07) is 5.19. The number of hydrogen-bond acceptors (Lipinski definition) is 12. The molecule has 0 saturated heterocycles. The average Bonchev–Trinajstić information content (AvgIpc) is 3.19. The first-order valence-corrected chi connectivity index (χ1v) is 19.5. The highest BCUT2D eigenvalue weighted by Gasteiger charge is 2.34. The van der Waals surface area contributed by atoms with Gasteiger partial charge in [-0.25, -0.2) is 0 Å². The summed E-state index contributed by atoms with van der Waals surface area (Å²) < 4.78 is 0. The minimum atomic E-state index is -1.63. The predicted octanol–water partition coefficient (Wildman–Crippen LogP) is -2.82. The number of nitrogens with two attached hydrogens (primary N) is 3. The van der Waals surface area contributed by atoms with Crippen molar-refractivity contribution in [2.45, 2.75) is 101 Å². The first-order chi connectivity index (χ1) is 29.1. The largest absolute Gasteiger partial charge is 0.508 e. The number of phenols is 1. The standard InChI is InChI=1S/C40H55N9O13/c1-21(2)16-27(47-40(62)30(19-32(43)52)46-35(57)25(41)12-15-33(53)54)37(59)48-29(18-23-8-10-24(50)11-9-23)39(61)49-28(17-22-6-4-3-5-7-22)38(60)45-26(13-14-31(42)51)36(58)44-20-34(55)56/h3-11,21,25-30,50H,12-20,41H2,1-2H3,(H2,42,51)(H2,43,52)(H,44,58)(H,45,60)(H,46,57)(H,47,62)(H,48,59)(H,49,61)(H,53,54)(H,55,56)/t25-,26-,27-,28-,29-,30-/m0/s1. The van der Waals surface area contributed by atoms with Crippen LogP contribution in [0.15, 0.2) is 54.6 Å². The van der Waals surface area contributed by atoms with Crippen LogP contribution in [-0.2, 0) is 60.8 Å². The van der Waals surface area contributed by atoms with Crippen LogP contribution < -0.4 is 49.1 Å². The number of nitrogens with one attached hydrogen (secondary N) is 6. The first-order valence-electron chi connectivity index (χ1n) is 19.5. The van der Waals surface area contributed by atoms with Crippen LogP contribution in [0.3, 0.4) is 0 Å². The number of benzene rings is 2. The Balaban J connectivity index is 2.49.